The highest BCUT2D eigenvalue weighted by Crippen LogP contribution is 2.34. The van der Waals surface area contributed by atoms with Crippen molar-refractivity contribution in [2.24, 2.45) is 11.1 Å². The van der Waals surface area contributed by atoms with Gasteiger partial charge in [0.05, 0.1) is 7.11 Å². The first-order valence-electron chi connectivity index (χ1n) is 5.13. The van der Waals surface area contributed by atoms with Crippen LogP contribution in [0.3, 0.4) is 0 Å². The molecule has 0 bridgehead atoms. The van der Waals surface area contributed by atoms with E-state index in [0.29, 0.717) is 5.56 Å². The second-order valence-electron chi connectivity index (χ2n) is 4.49. The third kappa shape index (κ3) is 3.31. The molecule has 1 atom stereocenters. The van der Waals surface area contributed by atoms with Gasteiger partial charge in [0, 0.05) is 23.6 Å². The van der Waals surface area contributed by atoms with Gasteiger partial charge in [0.1, 0.15) is 0 Å². The Hall–Kier alpha value is -0.840. The Balaban J connectivity index is 0.00000256. The molecule has 0 amide bonds. The van der Waals surface area contributed by atoms with Crippen molar-refractivity contribution in [3.63, 3.8) is 0 Å². The van der Waals surface area contributed by atoms with Gasteiger partial charge in [-0.15, -0.1) is 12.4 Å². The molecule has 0 fully saturated rings. The van der Waals surface area contributed by atoms with Crippen molar-refractivity contribution in [3.8, 4) is 5.75 Å². The first-order chi connectivity index (χ1) is 7.44. The average Bonchev–Trinajstić information content (AvgIpc) is 2.28. The number of aliphatic hydroxyl groups excluding tert-OH is 1. The summed E-state index contributed by atoms with van der Waals surface area (Å²) in [6, 6.07) is 4.26. The van der Waals surface area contributed by atoms with Crippen LogP contribution in [0.15, 0.2) is 18.2 Å². The quantitative estimate of drug-likeness (QED) is 0.876. The SMILES string of the molecule is COc1cccc([C@@H](N)C(C)(C)CO)c1F.Cl. The molecule has 1 aromatic carbocycles. The third-order valence-corrected chi connectivity index (χ3v) is 2.80. The van der Waals surface area contributed by atoms with Crippen molar-refractivity contribution in [3.05, 3.63) is 29.6 Å². The number of ether oxygens (including phenoxy) is 1. The molecule has 5 heteroatoms. The molecule has 1 aromatic rings. The molecule has 0 aromatic heterocycles. The molecule has 0 unspecified atom stereocenters. The van der Waals surface area contributed by atoms with Crippen molar-refractivity contribution in [1.29, 1.82) is 0 Å². The third-order valence-electron chi connectivity index (χ3n) is 2.80. The van der Waals surface area contributed by atoms with Gasteiger partial charge >= 0.3 is 0 Å². The van der Waals surface area contributed by atoms with E-state index in [1.165, 1.54) is 13.2 Å². The molecule has 0 aliphatic heterocycles. The average molecular weight is 264 g/mol. The second kappa shape index (κ2) is 6.19. The van der Waals surface area contributed by atoms with Crippen molar-refractivity contribution < 1.29 is 14.2 Å². The summed E-state index contributed by atoms with van der Waals surface area (Å²) in [5.74, 6) is -0.291. The zero-order valence-corrected chi connectivity index (χ0v) is 11.1. The van der Waals surface area contributed by atoms with E-state index in [-0.39, 0.29) is 24.8 Å². The highest BCUT2D eigenvalue weighted by molar-refractivity contribution is 5.85. The standard InChI is InChI=1S/C12H18FNO2.ClH/c1-12(2,7-15)11(14)8-5-4-6-9(16-3)10(8)13;/h4-6,11,15H,7,14H2,1-3H3;1H/t11-;/m1./s1. The van der Waals surface area contributed by atoms with Gasteiger partial charge < -0.3 is 15.6 Å². The minimum Gasteiger partial charge on any atom is -0.494 e. The molecule has 3 N–H and O–H groups in total. The van der Waals surface area contributed by atoms with Crippen molar-refractivity contribution >= 4 is 12.4 Å². The number of halogens is 2. The molecule has 0 saturated heterocycles. The lowest BCUT2D eigenvalue weighted by Crippen LogP contribution is -2.33. The fourth-order valence-electron chi connectivity index (χ4n) is 1.44. The van der Waals surface area contributed by atoms with Crippen LogP contribution in [0.25, 0.3) is 0 Å². The van der Waals surface area contributed by atoms with E-state index in [1.807, 2.05) is 0 Å². The minimum absolute atomic E-state index is 0. The molecule has 3 nitrogen and oxygen atoms in total. The molecule has 98 valence electrons. The molecular formula is C12H19ClFNO2. The summed E-state index contributed by atoms with van der Waals surface area (Å²) >= 11 is 0. The van der Waals surface area contributed by atoms with Crippen LogP contribution in [0.1, 0.15) is 25.5 Å². The van der Waals surface area contributed by atoms with E-state index in [9.17, 15) is 9.50 Å². The normalized spacial score (nSPS) is 12.8. The zero-order valence-electron chi connectivity index (χ0n) is 10.2. The second-order valence-corrected chi connectivity index (χ2v) is 4.49. The smallest absolute Gasteiger partial charge is 0.169 e. The summed E-state index contributed by atoms with van der Waals surface area (Å²) in [4.78, 5) is 0. The van der Waals surface area contributed by atoms with Crippen molar-refractivity contribution in [2.75, 3.05) is 13.7 Å². The summed E-state index contributed by atoms with van der Waals surface area (Å²) in [5, 5.41) is 9.21. The maximum atomic E-state index is 13.9. The lowest BCUT2D eigenvalue weighted by molar-refractivity contribution is 0.130. The summed E-state index contributed by atoms with van der Waals surface area (Å²) in [6.45, 7) is 3.47. The van der Waals surface area contributed by atoms with Gasteiger partial charge in [0.15, 0.2) is 11.6 Å². The summed E-state index contributed by atoms with van der Waals surface area (Å²) < 4.78 is 18.8. The number of hydrogen-bond donors (Lipinski definition) is 2. The van der Waals surface area contributed by atoms with Crippen LogP contribution in [0.5, 0.6) is 5.75 Å². The minimum atomic E-state index is -0.576. The highest BCUT2D eigenvalue weighted by Gasteiger charge is 2.29. The molecule has 0 aliphatic rings. The van der Waals surface area contributed by atoms with Gasteiger partial charge in [-0.3, -0.25) is 0 Å². The first kappa shape index (κ1) is 16.2. The van der Waals surface area contributed by atoms with Gasteiger partial charge in [-0.2, -0.15) is 0 Å². The molecule has 0 spiro atoms. The molecule has 0 aliphatic carbocycles. The monoisotopic (exact) mass is 263 g/mol. The van der Waals surface area contributed by atoms with Crippen LogP contribution >= 0.6 is 12.4 Å². The number of rotatable bonds is 4. The number of hydrogen-bond acceptors (Lipinski definition) is 3. The molecule has 17 heavy (non-hydrogen) atoms. The van der Waals surface area contributed by atoms with Crippen molar-refractivity contribution in [1.82, 2.24) is 0 Å². The van der Waals surface area contributed by atoms with Gasteiger partial charge in [0.2, 0.25) is 0 Å². The summed E-state index contributed by atoms with van der Waals surface area (Å²) in [6.07, 6.45) is 0. The molecule has 0 radical (unpaired) electrons. The Bertz CT molecular complexity index is 372. The van der Waals surface area contributed by atoms with E-state index in [4.69, 9.17) is 10.5 Å². The van der Waals surface area contributed by atoms with Crippen molar-refractivity contribution in [2.45, 2.75) is 19.9 Å². The maximum Gasteiger partial charge on any atom is 0.169 e. The largest absolute Gasteiger partial charge is 0.494 e. The first-order valence-corrected chi connectivity index (χ1v) is 5.13. The van der Waals surface area contributed by atoms with Crippen LogP contribution in [0.2, 0.25) is 0 Å². The van der Waals surface area contributed by atoms with E-state index in [2.05, 4.69) is 0 Å². The van der Waals surface area contributed by atoms with E-state index in [0.717, 1.165) is 0 Å². The summed E-state index contributed by atoms with van der Waals surface area (Å²) in [5.41, 5.74) is 5.74. The number of benzene rings is 1. The Labute approximate surface area is 107 Å². The Morgan fingerprint density at radius 1 is 1.47 bits per heavy atom. The van der Waals surface area contributed by atoms with Crippen LogP contribution in [-0.4, -0.2) is 18.8 Å². The van der Waals surface area contributed by atoms with Gasteiger partial charge in [-0.25, -0.2) is 4.39 Å². The lowest BCUT2D eigenvalue weighted by Gasteiger charge is -2.30. The molecule has 0 saturated carbocycles. The number of nitrogens with two attached hydrogens (primary N) is 1. The number of aliphatic hydroxyl groups is 1. The summed E-state index contributed by atoms with van der Waals surface area (Å²) in [7, 11) is 1.41. The Morgan fingerprint density at radius 2 is 2.06 bits per heavy atom. The molecule has 0 heterocycles. The predicted octanol–water partition coefficient (Wildman–Crippen LogP) is 2.27. The Kier molecular flexibility index (Phi) is 5.88. The van der Waals surface area contributed by atoms with Gasteiger partial charge in [-0.1, -0.05) is 26.0 Å². The fourth-order valence-corrected chi connectivity index (χ4v) is 1.44. The van der Waals surface area contributed by atoms with Gasteiger partial charge in [0.25, 0.3) is 0 Å². The van der Waals surface area contributed by atoms with Crippen LogP contribution < -0.4 is 10.5 Å². The van der Waals surface area contributed by atoms with E-state index in [1.54, 1.807) is 26.0 Å². The molecule has 1 rings (SSSR count). The van der Waals surface area contributed by atoms with E-state index < -0.39 is 17.3 Å². The topological polar surface area (TPSA) is 55.5 Å². The maximum absolute atomic E-state index is 13.9. The van der Waals surface area contributed by atoms with E-state index >= 15 is 0 Å². The molecular weight excluding hydrogens is 245 g/mol. The van der Waals surface area contributed by atoms with Crippen LogP contribution in [-0.2, 0) is 0 Å². The fraction of sp³-hybridized carbons (Fsp3) is 0.500. The van der Waals surface area contributed by atoms with Crippen LogP contribution in [0.4, 0.5) is 4.39 Å². The number of methoxy groups -OCH3 is 1. The highest BCUT2D eigenvalue weighted by atomic mass is 35.5. The zero-order chi connectivity index (χ0) is 12.3. The predicted molar refractivity (Wildman–Crippen MR) is 68.0 cm³/mol. The Morgan fingerprint density at radius 3 is 2.53 bits per heavy atom. The van der Waals surface area contributed by atoms with Gasteiger partial charge in [-0.05, 0) is 6.07 Å². The lowest BCUT2D eigenvalue weighted by atomic mass is 9.81. The van der Waals surface area contributed by atoms with Crippen LogP contribution in [0, 0.1) is 11.2 Å².